The zero-order valence-corrected chi connectivity index (χ0v) is 17.4. The standard InChI is InChI=1S/C20H18ClN3O7/c1-10(2)19(25)29-6-7-30-20(26)17-16(14(9-22)11(3)31-18(17)23)13-8-12(24(27)28)4-5-15(13)21/h4-5,8,16H,1,6-7,23H2,2-3H3/t16-/m1/s1. The smallest absolute Gasteiger partial charge is 0.340 e. The third kappa shape index (κ3) is 5.21. The fourth-order valence-electron chi connectivity index (χ4n) is 2.77. The molecule has 10 nitrogen and oxygen atoms in total. The number of nitriles is 1. The first kappa shape index (κ1) is 23.4. The summed E-state index contributed by atoms with van der Waals surface area (Å²) in [5.74, 6) is -3.00. The number of nitro groups is 1. The van der Waals surface area contributed by atoms with E-state index in [1.54, 1.807) is 0 Å². The van der Waals surface area contributed by atoms with Gasteiger partial charge in [-0.25, -0.2) is 9.59 Å². The molecule has 0 saturated heterocycles. The molecule has 0 aliphatic carbocycles. The minimum absolute atomic E-state index is 0.0164. The molecule has 2 rings (SSSR count). The Balaban J connectivity index is 2.40. The number of nitrogens with zero attached hydrogens (tertiary/aromatic N) is 2. The molecule has 11 heteroatoms. The van der Waals surface area contributed by atoms with Crippen LogP contribution in [-0.2, 0) is 23.8 Å². The fourth-order valence-corrected chi connectivity index (χ4v) is 3.00. The molecule has 0 amide bonds. The van der Waals surface area contributed by atoms with Crippen molar-refractivity contribution in [2.75, 3.05) is 13.2 Å². The molecule has 1 atom stereocenters. The van der Waals surface area contributed by atoms with Crippen LogP contribution in [0.4, 0.5) is 5.69 Å². The van der Waals surface area contributed by atoms with Crippen molar-refractivity contribution in [3.63, 3.8) is 0 Å². The van der Waals surface area contributed by atoms with E-state index in [1.807, 2.05) is 6.07 Å². The summed E-state index contributed by atoms with van der Waals surface area (Å²) in [6.07, 6.45) is 0. The Morgan fingerprint density at radius 2 is 2.03 bits per heavy atom. The monoisotopic (exact) mass is 447 g/mol. The second-order valence-electron chi connectivity index (χ2n) is 6.41. The number of ether oxygens (including phenoxy) is 3. The Labute approximate surface area is 182 Å². The van der Waals surface area contributed by atoms with Gasteiger partial charge < -0.3 is 19.9 Å². The summed E-state index contributed by atoms with van der Waals surface area (Å²) < 4.78 is 15.3. The van der Waals surface area contributed by atoms with Crippen LogP contribution in [0, 0.1) is 21.4 Å². The van der Waals surface area contributed by atoms with Gasteiger partial charge >= 0.3 is 11.9 Å². The third-order valence-electron chi connectivity index (χ3n) is 4.23. The highest BCUT2D eigenvalue weighted by molar-refractivity contribution is 6.31. The van der Waals surface area contributed by atoms with Crippen molar-refractivity contribution < 1.29 is 28.7 Å². The van der Waals surface area contributed by atoms with E-state index in [2.05, 4.69) is 6.58 Å². The summed E-state index contributed by atoms with van der Waals surface area (Å²) in [6, 6.07) is 5.55. The number of rotatable bonds is 7. The van der Waals surface area contributed by atoms with Gasteiger partial charge in [0.25, 0.3) is 5.69 Å². The predicted molar refractivity (Wildman–Crippen MR) is 108 cm³/mol. The maximum Gasteiger partial charge on any atom is 0.340 e. The van der Waals surface area contributed by atoms with Crippen LogP contribution in [0.5, 0.6) is 0 Å². The maximum absolute atomic E-state index is 12.8. The number of nitrogens with two attached hydrogens (primary N) is 1. The molecule has 1 aromatic carbocycles. The molecule has 31 heavy (non-hydrogen) atoms. The molecule has 0 fully saturated rings. The van der Waals surface area contributed by atoms with Crippen LogP contribution in [0.3, 0.4) is 0 Å². The average Bonchev–Trinajstić information content (AvgIpc) is 2.70. The van der Waals surface area contributed by atoms with Gasteiger partial charge in [-0.1, -0.05) is 18.2 Å². The number of benzene rings is 1. The molecule has 0 bridgehead atoms. The van der Waals surface area contributed by atoms with Crippen LogP contribution >= 0.6 is 11.6 Å². The first-order chi connectivity index (χ1) is 14.6. The highest BCUT2D eigenvalue weighted by atomic mass is 35.5. The van der Waals surface area contributed by atoms with E-state index in [1.165, 1.54) is 26.0 Å². The second kappa shape index (κ2) is 9.77. The first-order valence-electron chi connectivity index (χ1n) is 8.80. The lowest BCUT2D eigenvalue weighted by Gasteiger charge is -2.27. The van der Waals surface area contributed by atoms with Crippen LogP contribution in [0.15, 0.2) is 53.1 Å². The van der Waals surface area contributed by atoms with Crippen molar-refractivity contribution in [3.05, 3.63) is 73.8 Å². The summed E-state index contributed by atoms with van der Waals surface area (Å²) in [6.45, 7) is 5.80. The zero-order chi connectivity index (χ0) is 23.3. The number of nitro benzene ring substituents is 1. The molecule has 1 aliphatic rings. The lowest BCUT2D eigenvalue weighted by Crippen LogP contribution is -2.27. The number of esters is 2. The fraction of sp³-hybridized carbons (Fsp3) is 0.250. The summed E-state index contributed by atoms with van der Waals surface area (Å²) in [5.41, 5.74) is 5.62. The number of hydrogen-bond acceptors (Lipinski definition) is 9. The molecular formula is C20H18ClN3O7. The average molecular weight is 448 g/mol. The van der Waals surface area contributed by atoms with Gasteiger partial charge in [0.05, 0.1) is 22.5 Å². The van der Waals surface area contributed by atoms with Gasteiger partial charge in [0.1, 0.15) is 24.5 Å². The van der Waals surface area contributed by atoms with Gasteiger partial charge in [0.15, 0.2) is 0 Å². The Hall–Kier alpha value is -3.84. The van der Waals surface area contributed by atoms with Crippen LogP contribution in [0.1, 0.15) is 25.3 Å². The molecule has 0 radical (unpaired) electrons. The van der Waals surface area contributed by atoms with E-state index < -0.39 is 22.8 Å². The normalized spacial score (nSPS) is 15.6. The lowest BCUT2D eigenvalue weighted by molar-refractivity contribution is -0.384. The van der Waals surface area contributed by atoms with E-state index in [4.69, 9.17) is 31.5 Å². The van der Waals surface area contributed by atoms with Crippen molar-refractivity contribution in [2.45, 2.75) is 19.8 Å². The van der Waals surface area contributed by atoms with Gasteiger partial charge in [0, 0.05) is 22.7 Å². The summed E-state index contributed by atoms with van der Waals surface area (Å²) in [7, 11) is 0. The highest BCUT2D eigenvalue weighted by Gasteiger charge is 2.38. The summed E-state index contributed by atoms with van der Waals surface area (Å²) in [4.78, 5) is 34.7. The molecule has 1 aliphatic heterocycles. The van der Waals surface area contributed by atoms with Crippen LogP contribution in [0.25, 0.3) is 0 Å². The Morgan fingerprint density at radius 3 is 2.61 bits per heavy atom. The van der Waals surface area contributed by atoms with Gasteiger partial charge in [0.2, 0.25) is 5.88 Å². The number of carbonyl (C=O) groups is 2. The van der Waals surface area contributed by atoms with Crippen molar-refractivity contribution in [1.29, 1.82) is 5.26 Å². The number of allylic oxidation sites excluding steroid dienone is 2. The molecule has 1 heterocycles. The van der Waals surface area contributed by atoms with Crippen LogP contribution < -0.4 is 5.73 Å². The molecule has 0 saturated carbocycles. The van der Waals surface area contributed by atoms with E-state index in [0.717, 1.165) is 6.07 Å². The quantitative estimate of drug-likeness (QED) is 0.218. The van der Waals surface area contributed by atoms with Crippen molar-refractivity contribution in [3.8, 4) is 6.07 Å². The van der Waals surface area contributed by atoms with Crippen LogP contribution in [-0.4, -0.2) is 30.1 Å². The minimum atomic E-state index is -1.16. The summed E-state index contributed by atoms with van der Waals surface area (Å²) in [5, 5.41) is 20.9. The van der Waals surface area contributed by atoms with E-state index in [0.29, 0.717) is 0 Å². The topological polar surface area (TPSA) is 155 Å². The zero-order valence-electron chi connectivity index (χ0n) is 16.6. The van der Waals surface area contributed by atoms with Gasteiger partial charge in [-0.3, -0.25) is 10.1 Å². The van der Waals surface area contributed by atoms with Crippen LogP contribution in [0.2, 0.25) is 5.02 Å². The molecule has 1 aromatic rings. The molecule has 0 aromatic heterocycles. The Bertz CT molecular complexity index is 1070. The molecule has 0 unspecified atom stereocenters. The Kier molecular flexibility index (Phi) is 7.39. The third-order valence-corrected chi connectivity index (χ3v) is 4.57. The maximum atomic E-state index is 12.8. The number of non-ortho nitro benzene ring substituents is 1. The van der Waals surface area contributed by atoms with Gasteiger partial charge in [-0.2, -0.15) is 5.26 Å². The number of halogens is 1. The van der Waals surface area contributed by atoms with Crippen molar-refractivity contribution >= 4 is 29.2 Å². The predicted octanol–water partition coefficient (Wildman–Crippen LogP) is 2.99. The summed E-state index contributed by atoms with van der Waals surface area (Å²) >= 11 is 6.24. The molecular weight excluding hydrogens is 430 g/mol. The largest absolute Gasteiger partial charge is 0.459 e. The number of carbonyl (C=O) groups excluding carboxylic acids is 2. The van der Waals surface area contributed by atoms with Gasteiger partial charge in [-0.15, -0.1) is 0 Å². The molecule has 2 N–H and O–H groups in total. The lowest BCUT2D eigenvalue weighted by atomic mass is 9.83. The van der Waals surface area contributed by atoms with Crippen molar-refractivity contribution in [1.82, 2.24) is 0 Å². The molecule has 162 valence electrons. The SMILES string of the molecule is C=C(C)C(=O)OCCOC(=O)C1=C(N)OC(C)=C(C#N)[C@H]1c1cc([N+](=O)[O-])ccc1Cl. The highest BCUT2D eigenvalue weighted by Crippen LogP contribution is 2.43. The van der Waals surface area contributed by atoms with E-state index in [9.17, 15) is 25.0 Å². The van der Waals surface area contributed by atoms with E-state index in [-0.39, 0.29) is 57.8 Å². The number of hydrogen-bond donors (Lipinski definition) is 1. The second-order valence-corrected chi connectivity index (χ2v) is 6.82. The van der Waals surface area contributed by atoms with E-state index >= 15 is 0 Å². The molecule has 0 spiro atoms. The first-order valence-corrected chi connectivity index (χ1v) is 9.18. The minimum Gasteiger partial charge on any atom is -0.459 e. The Morgan fingerprint density at radius 1 is 1.39 bits per heavy atom. The van der Waals surface area contributed by atoms with Crippen molar-refractivity contribution in [2.24, 2.45) is 5.73 Å². The van der Waals surface area contributed by atoms with Gasteiger partial charge in [-0.05, 0) is 25.5 Å².